The molecule has 0 radical (unpaired) electrons. The van der Waals surface area contributed by atoms with Gasteiger partial charge >= 0.3 is 0 Å². The molecule has 9 heteroatoms. The summed E-state index contributed by atoms with van der Waals surface area (Å²) in [5, 5.41) is 0.162. The topological polar surface area (TPSA) is 107 Å². The van der Waals surface area contributed by atoms with Crippen molar-refractivity contribution in [2.24, 2.45) is 4.36 Å². The molecule has 3 heterocycles. The summed E-state index contributed by atoms with van der Waals surface area (Å²) < 4.78 is 23.0. The van der Waals surface area contributed by atoms with Crippen LogP contribution < -0.4 is 10.6 Å². The van der Waals surface area contributed by atoms with Gasteiger partial charge in [0.25, 0.3) is 0 Å². The van der Waals surface area contributed by atoms with E-state index in [1.165, 1.54) is 0 Å². The van der Waals surface area contributed by atoms with Gasteiger partial charge in [-0.05, 0) is 38.8 Å². The van der Waals surface area contributed by atoms with E-state index in [0.29, 0.717) is 30.7 Å². The van der Waals surface area contributed by atoms with Crippen LogP contribution in [0.15, 0.2) is 22.6 Å². The van der Waals surface area contributed by atoms with E-state index < -0.39 is 9.73 Å². The Kier molecular flexibility index (Phi) is 4.96. The molecule has 0 spiro atoms. The van der Waals surface area contributed by atoms with Crippen LogP contribution in [0, 0.1) is 6.92 Å². The zero-order valence-electron chi connectivity index (χ0n) is 16.5. The summed E-state index contributed by atoms with van der Waals surface area (Å²) in [7, 11) is -2.31. The average molecular weight is 403 g/mol. The van der Waals surface area contributed by atoms with Crippen molar-refractivity contribution < 1.29 is 8.95 Å². The first kappa shape index (κ1) is 19.1. The normalized spacial score (nSPS) is 22.0. The number of aryl methyl sites for hydroxylation is 1. The highest BCUT2D eigenvalue weighted by Gasteiger charge is 2.31. The van der Waals surface area contributed by atoms with Crippen molar-refractivity contribution >= 4 is 27.2 Å². The van der Waals surface area contributed by atoms with Gasteiger partial charge in [-0.3, -0.25) is 0 Å². The van der Waals surface area contributed by atoms with Crippen LogP contribution in [0.25, 0.3) is 11.4 Å². The molecule has 1 aliphatic heterocycles. The van der Waals surface area contributed by atoms with Crippen molar-refractivity contribution in [3.05, 3.63) is 23.9 Å². The fourth-order valence-corrected chi connectivity index (χ4v) is 5.03. The van der Waals surface area contributed by atoms with Crippen LogP contribution in [-0.4, -0.2) is 56.5 Å². The Morgan fingerprint density at radius 3 is 2.71 bits per heavy atom. The lowest BCUT2D eigenvalue weighted by Crippen LogP contribution is -2.44. The predicted molar refractivity (Wildman–Crippen MR) is 111 cm³/mol. The number of nitrogen functional groups attached to an aromatic ring is 1. The third kappa shape index (κ3) is 4.10. The SMILES string of the molecule is Cc1cc(-c2nc(N=[S@@](C)(=O)C3CC3)cc(N3CCOC[C@H]3C)n2)cc(N)n1. The quantitative estimate of drug-likeness (QED) is 0.837. The molecule has 0 bridgehead atoms. The van der Waals surface area contributed by atoms with Crippen LogP contribution in [0.3, 0.4) is 0 Å². The van der Waals surface area contributed by atoms with Gasteiger partial charge in [-0.25, -0.2) is 19.2 Å². The Hall–Kier alpha value is -2.26. The number of anilines is 2. The summed E-state index contributed by atoms with van der Waals surface area (Å²) in [4.78, 5) is 15.8. The smallest absolute Gasteiger partial charge is 0.167 e. The summed E-state index contributed by atoms with van der Waals surface area (Å²) in [6.45, 7) is 5.99. The number of nitrogens with two attached hydrogens (primary N) is 1. The molecule has 2 atom stereocenters. The fraction of sp³-hybridized carbons (Fsp3) is 0.526. The van der Waals surface area contributed by atoms with Gasteiger partial charge in [-0.1, -0.05) is 0 Å². The van der Waals surface area contributed by atoms with Crippen molar-refractivity contribution in [2.75, 3.05) is 36.6 Å². The molecule has 28 heavy (non-hydrogen) atoms. The number of morpholine rings is 1. The second-order valence-corrected chi connectivity index (χ2v) is 10.2. The molecule has 2 N–H and O–H groups in total. The summed E-state index contributed by atoms with van der Waals surface area (Å²) in [5.41, 5.74) is 7.49. The van der Waals surface area contributed by atoms with Gasteiger partial charge in [0.15, 0.2) is 11.6 Å². The number of pyridine rings is 1. The lowest BCUT2D eigenvalue weighted by Gasteiger charge is -2.34. The molecule has 0 unspecified atom stereocenters. The molecule has 0 aromatic carbocycles. The molecule has 1 saturated carbocycles. The minimum absolute atomic E-state index is 0.162. The number of hydrogen-bond donors (Lipinski definition) is 1. The molecule has 150 valence electrons. The van der Waals surface area contributed by atoms with Gasteiger partial charge in [0.1, 0.15) is 11.6 Å². The van der Waals surface area contributed by atoms with Crippen LogP contribution in [0.4, 0.5) is 17.5 Å². The van der Waals surface area contributed by atoms with Crippen molar-refractivity contribution in [1.29, 1.82) is 0 Å². The van der Waals surface area contributed by atoms with E-state index >= 15 is 0 Å². The Bertz CT molecular complexity index is 993. The molecule has 1 aliphatic carbocycles. The van der Waals surface area contributed by atoms with Gasteiger partial charge in [0.2, 0.25) is 0 Å². The zero-order valence-corrected chi connectivity index (χ0v) is 17.3. The second kappa shape index (κ2) is 7.29. The summed E-state index contributed by atoms with van der Waals surface area (Å²) in [5.74, 6) is 2.14. The zero-order chi connectivity index (χ0) is 19.9. The molecule has 1 saturated heterocycles. The third-order valence-corrected chi connectivity index (χ3v) is 7.27. The number of hydrogen-bond acceptors (Lipinski definition) is 8. The van der Waals surface area contributed by atoms with E-state index in [1.54, 1.807) is 12.3 Å². The van der Waals surface area contributed by atoms with Gasteiger partial charge in [-0.2, -0.15) is 4.36 Å². The highest BCUT2D eigenvalue weighted by atomic mass is 32.2. The average Bonchev–Trinajstić information content (AvgIpc) is 3.46. The first-order valence-electron chi connectivity index (χ1n) is 9.51. The maximum Gasteiger partial charge on any atom is 0.167 e. The van der Waals surface area contributed by atoms with E-state index in [0.717, 1.165) is 36.5 Å². The minimum atomic E-state index is -2.31. The third-order valence-electron chi connectivity index (χ3n) is 5.01. The molecular formula is C19H26N6O2S. The number of nitrogens with zero attached hydrogens (tertiary/aromatic N) is 5. The Labute approximate surface area is 165 Å². The van der Waals surface area contributed by atoms with E-state index in [1.807, 2.05) is 19.1 Å². The molecule has 0 amide bonds. The van der Waals surface area contributed by atoms with Crippen molar-refractivity contribution in [3.63, 3.8) is 0 Å². The molecule has 2 aliphatic rings. The van der Waals surface area contributed by atoms with Crippen LogP contribution in [-0.2, 0) is 14.5 Å². The number of rotatable bonds is 4. The highest BCUT2D eigenvalue weighted by Crippen LogP contribution is 2.33. The number of ether oxygens (including phenoxy) is 1. The first-order valence-corrected chi connectivity index (χ1v) is 11.5. The van der Waals surface area contributed by atoms with Crippen LogP contribution in [0.2, 0.25) is 0 Å². The van der Waals surface area contributed by atoms with Crippen molar-refractivity contribution in [1.82, 2.24) is 15.0 Å². The van der Waals surface area contributed by atoms with E-state index in [9.17, 15) is 4.21 Å². The predicted octanol–water partition coefficient (Wildman–Crippen LogP) is 2.55. The second-order valence-electron chi connectivity index (χ2n) is 7.60. The lowest BCUT2D eigenvalue weighted by molar-refractivity contribution is 0.0985. The largest absolute Gasteiger partial charge is 0.384 e. The monoisotopic (exact) mass is 402 g/mol. The van der Waals surface area contributed by atoms with Crippen molar-refractivity contribution in [2.45, 2.75) is 38.0 Å². The summed E-state index contributed by atoms with van der Waals surface area (Å²) >= 11 is 0. The van der Waals surface area contributed by atoms with Gasteiger partial charge in [-0.15, -0.1) is 0 Å². The Morgan fingerprint density at radius 1 is 1.25 bits per heavy atom. The molecule has 2 aromatic rings. The molecular weight excluding hydrogens is 376 g/mol. The van der Waals surface area contributed by atoms with Crippen LogP contribution in [0.5, 0.6) is 0 Å². The highest BCUT2D eigenvalue weighted by molar-refractivity contribution is 7.93. The molecule has 2 fully saturated rings. The molecule has 4 rings (SSSR count). The first-order chi connectivity index (χ1) is 13.3. The van der Waals surface area contributed by atoms with Gasteiger partial charge in [0, 0.05) is 35.4 Å². The molecule has 2 aromatic heterocycles. The number of aromatic nitrogens is 3. The van der Waals surface area contributed by atoms with E-state index in [4.69, 9.17) is 15.5 Å². The van der Waals surface area contributed by atoms with Crippen LogP contribution in [0.1, 0.15) is 25.5 Å². The van der Waals surface area contributed by atoms with E-state index in [2.05, 4.69) is 26.2 Å². The summed E-state index contributed by atoms with van der Waals surface area (Å²) in [6, 6.07) is 5.66. The standard InChI is InChI=1S/C19H26N6O2S/c1-12-8-14(9-16(20)21-12)19-22-17(24-28(3,26)15-4-5-15)10-18(23-19)25-6-7-27-11-13(25)2/h8-10,13,15H,4-7,11H2,1-3H3,(H2,20,21)/t13-,28+/m1/s1. The Balaban J connectivity index is 1.84. The molecule has 8 nitrogen and oxygen atoms in total. The maximum absolute atomic E-state index is 12.9. The van der Waals surface area contributed by atoms with Crippen molar-refractivity contribution in [3.8, 4) is 11.4 Å². The minimum Gasteiger partial charge on any atom is -0.384 e. The van der Waals surface area contributed by atoms with Crippen LogP contribution >= 0.6 is 0 Å². The maximum atomic E-state index is 12.9. The van der Waals surface area contributed by atoms with Gasteiger partial charge < -0.3 is 15.4 Å². The fourth-order valence-electron chi connectivity index (χ4n) is 3.40. The lowest BCUT2D eigenvalue weighted by atomic mass is 10.2. The Morgan fingerprint density at radius 2 is 2.04 bits per heavy atom. The summed E-state index contributed by atoms with van der Waals surface area (Å²) in [6.07, 6.45) is 3.65. The van der Waals surface area contributed by atoms with E-state index in [-0.39, 0.29) is 11.3 Å². The van der Waals surface area contributed by atoms with Gasteiger partial charge in [0.05, 0.1) is 29.0 Å².